The van der Waals surface area contributed by atoms with E-state index in [-0.39, 0.29) is 0 Å². The lowest BCUT2D eigenvalue weighted by Gasteiger charge is -2.31. The van der Waals surface area contributed by atoms with E-state index in [1.165, 1.54) is 0 Å². The molecule has 0 heterocycles. The van der Waals surface area contributed by atoms with Crippen LogP contribution in [-0.2, 0) is 10.2 Å². The van der Waals surface area contributed by atoms with Crippen molar-refractivity contribution < 1.29 is 15.0 Å². The average Bonchev–Trinajstić information content (AvgIpc) is 2.47. The Morgan fingerprint density at radius 3 is 1.95 bits per heavy atom. The van der Waals surface area contributed by atoms with Crippen LogP contribution in [0.1, 0.15) is 24.2 Å². The summed E-state index contributed by atoms with van der Waals surface area (Å²) in [7, 11) is 0. The lowest BCUT2D eigenvalue weighted by atomic mass is 9.75. The van der Waals surface area contributed by atoms with Crippen LogP contribution in [-0.4, -0.2) is 16.2 Å². The van der Waals surface area contributed by atoms with Crippen molar-refractivity contribution in [2.24, 2.45) is 0 Å². The maximum atomic E-state index is 11.7. The molecule has 0 spiro atoms. The van der Waals surface area contributed by atoms with Gasteiger partial charge in [0.25, 0.3) is 0 Å². The van der Waals surface area contributed by atoms with E-state index in [9.17, 15) is 15.0 Å². The van der Waals surface area contributed by atoms with Crippen LogP contribution in [0.15, 0.2) is 60.7 Å². The highest BCUT2D eigenvalue weighted by Crippen LogP contribution is 2.37. The van der Waals surface area contributed by atoms with Crippen molar-refractivity contribution in [3.05, 3.63) is 71.8 Å². The van der Waals surface area contributed by atoms with Crippen LogP contribution in [0.5, 0.6) is 0 Å². The van der Waals surface area contributed by atoms with Gasteiger partial charge < -0.3 is 10.2 Å². The summed E-state index contributed by atoms with van der Waals surface area (Å²) >= 11 is 0. The van der Waals surface area contributed by atoms with Gasteiger partial charge in [-0.15, -0.1) is 0 Å². The van der Waals surface area contributed by atoms with Crippen molar-refractivity contribution in [2.45, 2.75) is 18.4 Å². The molecule has 3 nitrogen and oxygen atoms in total. The molecule has 3 heteroatoms. The zero-order chi connectivity index (χ0) is 13.9. The highest BCUT2D eigenvalue weighted by molar-refractivity contribution is 5.82. The molecule has 0 fully saturated rings. The van der Waals surface area contributed by atoms with Gasteiger partial charge in [-0.05, 0) is 18.1 Å². The number of aliphatic carboxylic acids is 1. The van der Waals surface area contributed by atoms with Gasteiger partial charge in [-0.25, -0.2) is 0 Å². The average molecular weight is 256 g/mol. The predicted molar refractivity (Wildman–Crippen MR) is 72.8 cm³/mol. The summed E-state index contributed by atoms with van der Waals surface area (Å²) in [5.74, 6) is -1.05. The molecule has 0 amide bonds. The number of hydrogen-bond acceptors (Lipinski definition) is 2. The third-order valence-electron chi connectivity index (χ3n) is 3.48. The van der Waals surface area contributed by atoms with Crippen molar-refractivity contribution in [2.75, 3.05) is 0 Å². The second-order valence-electron chi connectivity index (χ2n) is 4.69. The Balaban J connectivity index is 2.49. The van der Waals surface area contributed by atoms with Gasteiger partial charge >= 0.3 is 5.97 Å². The molecule has 2 unspecified atom stereocenters. The molecule has 0 aliphatic heterocycles. The summed E-state index contributed by atoms with van der Waals surface area (Å²) in [6, 6.07) is 17.7. The van der Waals surface area contributed by atoms with E-state index in [2.05, 4.69) is 0 Å². The quantitative estimate of drug-likeness (QED) is 0.884. The van der Waals surface area contributed by atoms with Crippen LogP contribution < -0.4 is 0 Å². The second kappa shape index (κ2) is 5.24. The fraction of sp³-hybridized carbons (Fsp3) is 0.188. The van der Waals surface area contributed by atoms with Gasteiger partial charge in [0.05, 0.1) is 6.10 Å². The molecule has 0 saturated heterocycles. The van der Waals surface area contributed by atoms with Gasteiger partial charge in [0.2, 0.25) is 0 Å². The Morgan fingerprint density at radius 1 is 1.00 bits per heavy atom. The van der Waals surface area contributed by atoms with Crippen LogP contribution in [0.25, 0.3) is 0 Å². The SMILES string of the molecule is CC(C(=O)O)(c1ccccc1)C(O)c1ccccc1. The van der Waals surface area contributed by atoms with Crippen LogP contribution in [0.2, 0.25) is 0 Å². The number of aliphatic hydroxyl groups excluding tert-OH is 1. The van der Waals surface area contributed by atoms with E-state index >= 15 is 0 Å². The summed E-state index contributed by atoms with van der Waals surface area (Å²) < 4.78 is 0. The Bertz CT molecular complexity index is 551. The first-order valence-electron chi connectivity index (χ1n) is 6.08. The normalized spacial score (nSPS) is 15.5. The number of carboxylic acid groups (broad SMARTS) is 1. The summed E-state index contributed by atoms with van der Waals surface area (Å²) in [6.07, 6.45) is -1.10. The largest absolute Gasteiger partial charge is 0.481 e. The van der Waals surface area contributed by atoms with Gasteiger partial charge in [-0.2, -0.15) is 0 Å². The molecule has 2 aromatic rings. The van der Waals surface area contributed by atoms with Gasteiger partial charge in [0.15, 0.2) is 0 Å². The lowest BCUT2D eigenvalue weighted by molar-refractivity contribution is -0.148. The zero-order valence-electron chi connectivity index (χ0n) is 10.7. The fourth-order valence-corrected chi connectivity index (χ4v) is 2.15. The molecule has 2 atom stereocenters. The molecule has 2 N–H and O–H groups in total. The van der Waals surface area contributed by atoms with E-state index in [4.69, 9.17) is 0 Å². The molecule has 98 valence electrons. The molecule has 0 saturated carbocycles. The van der Waals surface area contributed by atoms with Gasteiger partial charge in [0, 0.05) is 0 Å². The summed E-state index contributed by atoms with van der Waals surface area (Å²) in [4.78, 5) is 11.7. The standard InChI is InChI=1S/C16H16O3/c1-16(15(18)19,13-10-6-3-7-11-13)14(17)12-8-4-2-5-9-12/h2-11,14,17H,1H3,(H,18,19). The maximum absolute atomic E-state index is 11.7. The molecule has 0 bridgehead atoms. The number of carbonyl (C=O) groups is 1. The Kier molecular flexibility index (Phi) is 3.67. The highest BCUT2D eigenvalue weighted by atomic mass is 16.4. The topological polar surface area (TPSA) is 57.5 Å². The van der Waals surface area contributed by atoms with Crippen molar-refractivity contribution in [3.63, 3.8) is 0 Å². The Labute approximate surface area is 112 Å². The first-order chi connectivity index (χ1) is 9.06. The molecule has 0 aliphatic carbocycles. The molecular formula is C16H16O3. The first kappa shape index (κ1) is 13.3. The summed E-state index contributed by atoms with van der Waals surface area (Å²) in [5.41, 5.74) is -0.196. The maximum Gasteiger partial charge on any atom is 0.316 e. The van der Waals surface area contributed by atoms with E-state index in [0.717, 1.165) is 0 Å². The molecule has 19 heavy (non-hydrogen) atoms. The lowest BCUT2D eigenvalue weighted by Crippen LogP contribution is -2.38. The van der Waals surface area contributed by atoms with Crippen molar-refractivity contribution >= 4 is 5.97 Å². The highest BCUT2D eigenvalue weighted by Gasteiger charge is 2.43. The summed E-state index contributed by atoms with van der Waals surface area (Å²) in [6.45, 7) is 1.54. The van der Waals surface area contributed by atoms with Crippen LogP contribution in [0.3, 0.4) is 0 Å². The Hall–Kier alpha value is -2.13. The van der Waals surface area contributed by atoms with Crippen LogP contribution in [0.4, 0.5) is 0 Å². The fourth-order valence-electron chi connectivity index (χ4n) is 2.15. The van der Waals surface area contributed by atoms with Crippen LogP contribution >= 0.6 is 0 Å². The van der Waals surface area contributed by atoms with Gasteiger partial charge in [0.1, 0.15) is 5.41 Å². The number of hydrogen-bond donors (Lipinski definition) is 2. The zero-order valence-corrected chi connectivity index (χ0v) is 10.7. The molecular weight excluding hydrogens is 240 g/mol. The van der Waals surface area contributed by atoms with Crippen LogP contribution in [0, 0.1) is 0 Å². The van der Waals surface area contributed by atoms with E-state index in [0.29, 0.717) is 11.1 Å². The van der Waals surface area contributed by atoms with E-state index < -0.39 is 17.5 Å². The summed E-state index contributed by atoms with van der Waals surface area (Å²) in [5, 5.41) is 20.0. The minimum atomic E-state index is -1.37. The monoisotopic (exact) mass is 256 g/mol. The van der Waals surface area contributed by atoms with Crippen molar-refractivity contribution in [1.29, 1.82) is 0 Å². The third-order valence-corrected chi connectivity index (χ3v) is 3.48. The molecule has 0 aromatic heterocycles. The van der Waals surface area contributed by atoms with Gasteiger partial charge in [-0.3, -0.25) is 4.79 Å². The third kappa shape index (κ3) is 2.37. The smallest absolute Gasteiger partial charge is 0.316 e. The number of carboxylic acids is 1. The molecule has 0 radical (unpaired) electrons. The van der Waals surface area contributed by atoms with Crippen molar-refractivity contribution in [1.82, 2.24) is 0 Å². The van der Waals surface area contributed by atoms with E-state index in [1.54, 1.807) is 55.5 Å². The first-order valence-corrected chi connectivity index (χ1v) is 6.08. The minimum Gasteiger partial charge on any atom is -0.481 e. The minimum absolute atomic E-state index is 0.582. The molecule has 2 rings (SSSR count). The number of benzene rings is 2. The number of aliphatic hydroxyl groups is 1. The predicted octanol–water partition coefficient (Wildman–Crippen LogP) is 2.76. The van der Waals surface area contributed by atoms with E-state index in [1.807, 2.05) is 12.1 Å². The molecule has 0 aliphatic rings. The van der Waals surface area contributed by atoms with Crippen molar-refractivity contribution in [3.8, 4) is 0 Å². The Morgan fingerprint density at radius 2 is 1.47 bits per heavy atom. The van der Waals surface area contributed by atoms with Gasteiger partial charge in [-0.1, -0.05) is 60.7 Å². The number of rotatable bonds is 4. The molecule has 2 aromatic carbocycles. The second-order valence-corrected chi connectivity index (χ2v) is 4.69.